The van der Waals surface area contributed by atoms with Crippen LogP contribution in [0.1, 0.15) is 22.7 Å². The van der Waals surface area contributed by atoms with Gasteiger partial charge in [-0.05, 0) is 33.5 Å². The first kappa shape index (κ1) is 14.6. The number of hydrogen-bond donors (Lipinski definition) is 1. The number of nitrogens with zero attached hydrogens (tertiary/aromatic N) is 1. The summed E-state index contributed by atoms with van der Waals surface area (Å²) in [6.45, 7) is 5.37. The molecule has 0 fully saturated rings. The third-order valence-corrected chi connectivity index (χ3v) is 3.72. The van der Waals surface area contributed by atoms with Crippen LogP contribution in [-0.2, 0) is 0 Å². The maximum atomic E-state index is 6.22. The highest BCUT2D eigenvalue weighted by Gasteiger charge is 2.07. The predicted molar refractivity (Wildman–Crippen MR) is 78.7 cm³/mol. The Hall–Kier alpha value is -0.510. The first-order valence-electron chi connectivity index (χ1n) is 6.05. The van der Waals surface area contributed by atoms with Crippen LogP contribution in [0.4, 0.5) is 0 Å². The second kappa shape index (κ2) is 7.04. The molecular weight excluding hydrogens is 228 g/mol. The van der Waals surface area contributed by atoms with Gasteiger partial charge in [0.1, 0.15) is 0 Å². The highest BCUT2D eigenvalue weighted by Crippen LogP contribution is 2.18. The Balaban J connectivity index is 2.43. The third-order valence-electron chi connectivity index (χ3n) is 2.65. The van der Waals surface area contributed by atoms with Gasteiger partial charge in [0.15, 0.2) is 0 Å². The Bertz CT molecular complexity index is 330. The summed E-state index contributed by atoms with van der Waals surface area (Å²) in [4.78, 5) is 2.20. The molecule has 1 aromatic rings. The van der Waals surface area contributed by atoms with E-state index in [1.54, 1.807) is 0 Å². The van der Waals surface area contributed by atoms with E-state index in [9.17, 15) is 0 Å². The molecular formula is C14H24N2S. The smallest absolute Gasteiger partial charge is 0.0386 e. The average molecular weight is 252 g/mol. The van der Waals surface area contributed by atoms with Crippen molar-refractivity contribution >= 4 is 11.8 Å². The van der Waals surface area contributed by atoms with Gasteiger partial charge in [-0.25, -0.2) is 0 Å². The Morgan fingerprint density at radius 3 is 2.29 bits per heavy atom. The molecule has 1 aromatic carbocycles. The van der Waals surface area contributed by atoms with Crippen LogP contribution in [0.15, 0.2) is 18.2 Å². The van der Waals surface area contributed by atoms with Gasteiger partial charge in [0, 0.05) is 24.1 Å². The van der Waals surface area contributed by atoms with E-state index in [0.717, 1.165) is 18.1 Å². The van der Waals surface area contributed by atoms with E-state index in [4.69, 9.17) is 5.73 Å². The molecule has 3 heteroatoms. The quantitative estimate of drug-likeness (QED) is 0.789. The molecule has 17 heavy (non-hydrogen) atoms. The van der Waals surface area contributed by atoms with Gasteiger partial charge in [-0.15, -0.1) is 0 Å². The van der Waals surface area contributed by atoms with Crippen molar-refractivity contribution in [3.63, 3.8) is 0 Å². The number of hydrogen-bond acceptors (Lipinski definition) is 3. The molecule has 1 unspecified atom stereocenters. The monoisotopic (exact) mass is 252 g/mol. The second-order valence-corrected chi connectivity index (χ2v) is 6.06. The molecule has 0 amide bonds. The molecule has 0 aliphatic carbocycles. The zero-order valence-corrected chi connectivity index (χ0v) is 12.2. The molecule has 0 saturated carbocycles. The van der Waals surface area contributed by atoms with Crippen LogP contribution in [0, 0.1) is 13.8 Å². The van der Waals surface area contributed by atoms with Crippen molar-refractivity contribution in [2.75, 3.05) is 32.1 Å². The number of thioether (sulfide) groups is 1. The standard InChI is InChI=1S/C14H24N2S/c1-11-7-12(2)9-13(8-11)14(15)10-17-6-5-16(3)4/h7-9,14H,5-6,10,15H2,1-4H3. The lowest BCUT2D eigenvalue weighted by atomic mass is 10.0. The highest BCUT2D eigenvalue weighted by atomic mass is 32.2. The summed E-state index contributed by atoms with van der Waals surface area (Å²) in [5.74, 6) is 2.14. The van der Waals surface area contributed by atoms with Crippen LogP contribution in [0.5, 0.6) is 0 Å². The lowest BCUT2D eigenvalue weighted by molar-refractivity contribution is 0.437. The summed E-state index contributed by atoms with van der Waals surface area (Å²) in [7, 11) is 4.20. The molecule has 0 bridgehead atoms. The normalized spacial score (nSPS) is 13.1. The summed E-state index contributed by atoms with van der Waals surface area (Å²) >= 11 is 1.93. The molecule has 0 saturated heterocycles. The highest BCUT2D eigenvalue weighted by molar-refractivity contribution is 7.99. The summed E-state index contributed by atoms with van der Waals surface area (Å²) in [5, 5.41) is 0. The lowest BCUT2D eigenvalue weighted by Gasteiger charge is -2.14. The van der Waals surface area contributed by atoms with E-state index in [1.807, 2.05) is 11.8 Å². The van der Waals surface area contributed by atoms with Crippen molar-refractivity contribution in [1.82, 2.24) is 4.90 Å². The van der Waals surface area contributed by atoms with Gasteiger partial charge < -0.3 is 10.6 Å². The van der Waals surface area contributed by atoms with Gasteiger partial charge >= 0.3 is 0 Å². The molecule has 0 spiro atoms. The fraction of sp³-hybridized carbons (Fsp3) is 0.571. The fourth-order valence-electron chi connectivity index (χ4n) is 1.78. The van der Waals surface area contributed by atoms with Crippen molar-refractivity contribution in [1.29, 1.82) is 0 Å². The van der Waals surface area contributed by atoms with Crippen LogP contribution in [0.2, 0.25) is 0 Å². The van der Waals surface area contributed by atoms with Gasteiger partial charge in [-0.1, -0.05) is 29.3 Å². The maximum Gasteiger partial charge on any atom is 0.0386 e. The average Bonchev–Trinajstić information content (AvgIpc) is 2.22. The van der Waals surface area contributed by atoms with E-state index in [1.165, 1.54) is 16.7 Å². The summed E-state index contributed by atoms with van der Waals surface area (Å²) in [6.07, 6.45) is 0. The number of benzene rings is 1. The molecule has 0 aromatic heterocycles. The minimum atomic E-state index is 0.153. The van der Waals surface area contributed by atoms with Gasteiger partial charge in [0.25, 0.3) is 0 Å². The van der Waals surface area contributed by atoms with Crippen molar-refractivity contribution in [3.8, 4) is 0 Å². The lowest BCUT2D eigenvalue weighted by Crippen LogP contribution is -2.17. The Kier molecular flexibility index (Phi) is 6.03. The van der Waals surface area contributed by atoms with Crippen LogP contribution >= 0.6 is 11.8 Å². The number of nitrogens with two attached hydrogens (primary N) is 1. The topological polar surface area (TPSA) is 29.3 Å². The molecule has 0 aliphatic rings. The molecule has 96 valence electrons. The Labute approximate surface area is 110 Å². The number of aryl methyl sites for hydroxylation is 2. The molecule has 2 nitrogen and oxygen atoms in total. The Morgan fingerprint density at radius 1 is 1.18 bits per heavy atom. The van der Waals surface area contributed by atoms with Gasteiger partial charge in [-0.2, -0.15) is 11.8 Å². The largest absolute Gasteiger partial charge is 0.323 e. The van der Waals surface area contributed by atoms with E-state index in [-0.39, 0.29) is 6.04 Å². The van der Waals surface area contributed by atoms with Crippen LogP contribution in [0.25, 0.3) is 0 Å². The SMILES string of the molecule is Cc1cc(C)cc(C(N)CSCCN(C)C)c1. The summed E-state index contributed by atoms with van der Waals surface area (Å²) in [5.41, 5.74) is 10.1. The van der Waals surface area contributed by atoms with Gasteiger partial charge in [0.2, 0.25) is 0 Å². The molecule has 0 aliphatic heterocycles. The van der Waals surface area contributed by atoms with Crippen LogP contribution in [-0.4, -0.2) is 37.0 Å². The molecule has 1 atom stereocenters. The first-order valence-corrected chi connectivity index (χ1v) is 7.21. The van der Waals surface area contributed by atoms with E-state index in [2.05, 4.69) is 51.0 Å². The van der Waals surface area contributed by atoms with E-state index in [0.29, 0.717) is 0 Å². The van der Waals surface area contributed by atoms with Crippen molar-refractivity contribution in [3.05, 3.63) is 34.9 Å². The van der Waals surface area contributed by atoms with E-state index < -0.39 is 0 Å². The fourth-order valence-corrected chi connectivity index (χ4v) is 2.88. The molecule has 2 N–H and O–H groups in total. The van der Waals surface area contributed by atoms with Crippen molar-refractivity contribution in [2.24, 2.45) is 5.73 Å². The minimum absolute atomic E-state index is 0.153. The minimum Gasteiger partial charge on any atom is -0.323 e. The predicted octanol–water partition coefficient (Wildman–Crippen LogP) is 2.60. The molecule has 0 radical (unpaired) electrons. The second-order valence-electron chi connectivity index (χ2n) is 4.91. The third kappa shape index (κ3) is 5.57. The molecule has 0 heterocycles. The van der Waals surface area contributed by atoms with Crippen molar-refractivity contribution in [2.45, 2.75) is 19.9 Å². The Morgan fingerprint density at radius 2 is 1.76 bits per heavy atom. The molecule has 1 rings (SSSR count). The van der Waals surface area contributed by atoms with Crippen molar-refractivity contribution < 1.29 is 0 Å². The number of rotatable bonds is 6. The summed E-state index contributed by atoms with van der Waals surface area (Å²) in [6, 6.07) is 6.74. The van der Waals surface area contributed by atoms with Crippen LogP contribution in [0.3, 0.4) is 0 Å². The zero-order valence-electron chi connectivity index (χ0n) is 11.4. The van der Waals surface area contributed by atoms with Gasteiger partial charge in [-0.3, -0.25) is 0 Å². The maximum absolute atomic E-state index is 6.22. The zero-order chi connectivity index (χ0) is 12.8. The van der Waals surface area contributed by atoms with E-state index >= 15 is 0 Å². The summed E-state index contributed by atoms with van der Waals surface area (Å²) < 4.78 is 0. The van der Waals surface area contributed by atoms with Gasteiger partial charge in [0.05, 0.1) is 0 Å². The van der Waals surface area contributed by atoms with Crippen LogP contribution < -0.4 is 5.73 Å². The first-order chi connectivity index (χ1) is 7.99.